The molecule has 8 nitrogen and oxygen atoms in total. The highest BCUT2D eigenvalue weighted by atomic mass is 32.1. The van der Waals surface area contributed by atoms with Gasteiger partial charge in [-0.2, -0.15) is 0 Å². The van der Waals surface area contributed by atoms with Gasteiger partial charge in [0, 0.05) is 16.3 Å². The minimum Gasteiger partial charge on any atom is -0.490 e. The monoisotopic (exact) mass is 656 g/mol. The van der Waals surface area contributed by atoms with E-state index in [-0.39, 0.29) is 29.3 Å². The number of hydrogen-bond acceptors (Lipinski definition) is 6. The molecule has 240 valence electrons. The summed E-state index contributed by atoms with van der Waals surface area (Å²) in [5.74, 6) is 0.501. The van der Waals surface area contributed by atoms with Crippen LogP contribution in [0.2, 0.25) is 0 Å². The van der Waals surface area contributed by atoms with Crippen LogP contribution in [0.15, 0.2) is 115 Å². The first-order valence-corrected chi connectivity index (χ1v) is 16.6. The first kappa shape index (κ1) is 31.0. The summed E-state index contributed by atoms with van der Waals surface area (Å²) in [7, 11) is 0. The molecule has 1 aliphatic rings. The third kappa shape index (κ3) is 7.01. The summed E-state index contributed by atoms with van der Waals surface area (Å²) in [6.45, 7) is 0. The summed E-state index contributed by atoms with van der Waals surface area (Å²) in [4.78, 5) is 37.8. The fourth-order valence-electron chi connectivity index (χ4n) is 5.99. The Balaban J connectivity index is 0.914. The Morgan fingerprint density at radius 3 is 2.08 bits per heavy atom. The lowest BCUT2D eigenvalue weighted by atomic mass is 9.93. The van der Waals surface area contributed by atoms with Gasteiger partial charge in [-0.3, -0.25) is 9.59 Å². The van der Waals surface area contributed by atoms with Gasteiger partial charge in [0.25, 0.3) is 11.8 Å². The zero-order chi connectivity index (χ0) is 33.0. The minimum absolute atomic E-state index is 0.000632. The van der Waals surface area contributed by atoms with Gasteiger partial charge in [0.2, 0.25) is 0 Å². The highest BCUT2D eigenvalue weighted by Crippen LogP contribution is 2.31. The van der Waals surface area contributed by atoms with Gasteiger partial charge in [0.05, 0.1) is 22.2 Å². The molecule has 0 saturated heterocycles. The van der Waals surface area contributed by atoms with E-state index in [1.807, 2.05) is 66.7 Å². The van der Waals surface area contributed by atoms with E-state index in [4.69, 9.17) is 9.47 Å². The minimum atomic E-state index is -1.11. The number of carboxylic acid groups (broad SMARTS) is 1. The number of ether oxygens (including phenoxy) is 2. The second-order valence-corrected chi connectivity index (χ2v) is 12.9. The Bertz CT molecular complexity index is 2100. The maximum absolute atomic E-state index is 12.9. The zero-order valence-corrected chi connectivity index (χ0v) is 26.7. The molecule has 3 N–H and O–H groups in total. The number of anilines is 1. The van der Waals surface area contributed by atoms with Gasteiger partial charge in [-0.1, -0.05) is 42.5 Å². The van der Waals surface area contributed by atoms with Crippen LogP contribution >= 0.6 is 11.3 Å². The van der Waals surface area contributed by atoms with E-state index in [1.165, 1.54) is 17.4 Å². The predicted molar refractivity (Wildman–Crippen MR) is 188 cm³/mol. The van der Waals surface area contributed by atoms with Crippen molar-refractivity contribution in [1.82, 2.24) is 5.32 Å². The third-order valence-electron chi connectivity index (χ3n) is 8.50. The molecular weight excluding hydrogens is 625 g/mol. The lowest BCUT2D eigenvalue weighted by Crippen LogP contribution is -2.39. The van der Waals surface area contributed by atoms with Crippen LogP contribution in [-0.4, -0.2) is 35.0 Å². The summed E-state index contributed by atoms with van der Waals surface area (Å²) in [5.41, 5.74) is 0.630. The summed E-state index contributed by atoms with van der Waals surface area (Å²) >= 11 is 1.53. The van der Waals surface area contributed by atoms with Crippen LogP contribution in [0, 0.1) is 0 Å². The molecule has 6 aromatic rings. The second kappa shape index (κ2) is 13.6. The molecular formula is C39H32N2O6S. The molecule has 0 atom stereocenters. The van der Waals surface area contributed by atoms with Crippen molar-refractivity contribution >= 4 is 55.7 Å². The Morgan fingerprint density at radius 1 is 0.667 bits per heavy atom. The lowest BCUT2D eigenvalue weighted by Gasteiger charge is -2.29. The summed E-state index contributed by atoms with van der Waals surface area (Å²) in [6, 6.07) is 34.9. The number of carbonyl (C=O) groups is 3. The molecule has 2 amide bonds. The van der Waals surface area contributed by atoms with Crippen LogP contribution in [0.1, 0.15) is 56.1 Å². The van der Waals surface area contributed by atoms with E-state index in [0.717, 1.165) is 57.2 Å². The summed E-state index contributed by atoms with van der Waals surface area (Å²) in [6.07, 6.45) is 3.59. The number of fused-ring (bicyclic) bond motifs is 2. The van der Waals surface area contributed by atoms with Crippen molar-refractivity contribution in [2.45, 2.75) is 37.8 Å². The molecule has 1 aliphatic carbocycles. The smallest absolute Gasteiger partial charge is 0.337 e. The number of hydrogen-bond donors (Lipinski definition) is 3. The molecule has 5 aromatic carbocycles. The van der Waals surface area contributed by atoms with Crippen LogP contribution in [0.4, 0.5) is 5.69 Å². The Kier molecular flexibility index (Phi) is 8.76. The predicted octanol–water partition coefficient (Wildman–Crippen LogP) is 8.92. The number of para-hydroxylation sites is 1. The third-order valence-corrected chi connectivity index (χ3v) is 9.62. The fourth-order valence-corrected chi connectivity index (χ4v) is 6.96. The molecule has 48 heavy (non-hydrogen) atoms. The molecule has 9 heteroatoms. The van der Waals surface area contributed by atoms with Gasteiger partial charge in [-0.05, 0) is 115 Å². The number of aromatic carboxylic acids is 1. The Labute approximate surface area is 280 Å². The molecule has 0 unspecified atom stereocenters. The van der Waals surface area contributed by atoms with E-state index in [2.05, 4.69) is 10.6 Å². The molecule has 1 fully saturated rings. The van der Waals surface area contributed by atoms with E-state index in [0.29, 0.717) is 17.1 Å². The average Bonchev–Trinajstić information content (AvgIpc) is 3.55. The maximum Gasteiger partial charge on any atom is 0.337 e. The van der Waals surface area contributed by atoms with Crippen LogP contribution < -0.4 is 20.1 Å². The van der Waals surface area contributed by atoms with Crippen molar-refractivity contribution in [3.63, 3.8) is 0 Å². The molecule has 0 aliphatic heterocycles. The van der Waals surface area contributed by atoms with Crippen LogP contribution in [0.3, 0.4) is 0 Å². The van der Waals surface area contributed by atoms with E-state index < -0.39 is 11.9 Å². The molecule has 1 heterocycles. The first-order chi connectivity index (χ1) is 23.4. The largest absolute Gasteiger partial charge is 0.490 e. The van der Waals surface area contributed by atoms with E-state index in [1.54, 1.807) is 42.5 Å². The van der Waals surface area contributed by atoms with Gasteiger partial charge in [0.1, 0.15) is 17.2 Å². The number of nitrogens with one attached hydrogen (secondary N) is 2. The van der Waals surface area contributed by atoms with Gasteiger partial charge in [0.15, 0.2) is 0 Å². The standard InChI is InChI=1S/C39H32N2O6S/c42-37(41-34-7-3-2-6-33(34)39(44)45)24-9-15-29(16-10-24)46-31-17-11-26-22-32(18-12-25(26)21-31)47-30-19-13-28(14-20-30)40-38(43)36-23-27-5-1-4-8-35(27)48-36/h1-12,15-18,21-23,28,30H,13-14,19-20H2,(H,40,43)(H,41,42)(H,44,45). The van der Waals surface area contributed by atoms with Gasteiger partial charge in [-0.25, -0.2) is 4.79 Å². The Hall–Kier alpha value is -5.67. The number of rotatable bonds is 9. The first-order valence-electron chi connectivity index (χ1n) is 15.8. The van der Waals surface area contributed by atoms with E-state index in [9.17, 15) is 19.5 Å². The highest BCUT2D eigenvalue weighted by Gasteiger charge is 2.25. The van der Waals surface area contributed by atoms with E-state index >= 15 is 0 Å². The van der Waals surface area contributed by atoms with Crippen molar-refractivity contribution in [3.05, 3.63) is 131 Å². The number of amides is 2. The average molecular weight is 657 g/mol. The molecule has 0 spiro atoms. The van der Waals surface area contributed by atoms with Gasteiger partial charge >= 0.3 is 5.97 Å². The maximum atomic E-state index is 12.9. The van der Waals surface area contributed by atoms with Crippen LogP contribution in [-0.2, 0) is 0 Å². The van der Waals surface area contributed by atoms with Crippen molar-refractivity contribution in [2.24, 2.45) is 0 Å². The highest BCUT2D eigenvalue weighted by molar-refractivity contribution is 7.20. The number of carboxylic acids is 1. The van der Waals surface area contributed by atoms with Crippen molar-refractivity contribution in [3.8, 4) is 17.2 Å². The van der Waals surface area contributed by atoms with Crippen LogP contribution in [0.25, 0.3) is 20.9 Å². The number of benzene rings is 5. The zero-order valence-electron chi connectivity index (χ0n) is 25.8. The number of thiophene rings is 1. The normalized spacial score (nSPS) is 15.9. The quantitative estimate of drug-likeness (QED) is 0.143. The second-order valence-electron chi connectivity index (χ2n) is 11.8. The fraction of sp³-hybridized carbons (Fsp3) is 0.154. The lowest BCUT2D eigenvalue weighted by molar-refractivity contribution is 0.0697. The SMILES string of the molecule is O=C(Nc1ccccc1C(=O)O)c1ccc(Oc2ccc3cc(OC4CCC(NC(=O)c5cc6ccccc6s5)CC4)ccc3c2)cc1. The molecule has 0 radical (unpaired) electrons. The summed E-state index contributed by atoms with van der Waals surface area (Å²) < 4.78 is 13.5. The van der Waals surface area contributed by atoms with Crippen molar-refractivity contribution in [2.75, 3.05) is 5.32 Å². The Morgan fingerprint density at radius 2 is 1.33 bits per heavy atom. The molecule has 0 bridgehead atoms. The molecule has 1 aromatic heterocycles. The van der Waals surface area contributed by atoms with Crippen LogP contribution in [0.5, 0.6) is 17.2 Å². The number of carbonyl (C=O) groups excluding carboxylic acids is 2. The van der Waals surface area contributed by atoms with Crippen molar-refractivity contribution in [1.29, 1.82) is 0 Å². The molecule has 7 rings (SSSR count). The van der Waals surface area contributed by atoms with Gasteiger partial charge < -0.3 is 25.2 Å². The molecule has 1 saturated carbocycles. The van der Waals surface area contributed by atoms with Crippen molar-refractivity contribution < 1.29 is 29.0 Å². The summed E-state index contributed by atoms with van der Waals surface area (Å²) in [5, 5.41) is 18.4. The van der Waals surface area contributed by atoms with Gasteiger partial charge in [-0.15, -0.1) is 11.3 Å². The topological polar surface area (TPSA) is 114 Å².